The fourth-order valence-corrected chi connectivity index (χ4v) is 3.90. The highest BCUT2D eigenvalue weighted by atomic mass is 35.5. The summed E-state index contributed by atoms with van der Waals surface area (Å²) >= 11 is 0. The SMILES string of the molecule is COC(=O)c1cc(-c2cccc(S(C)(=O)=O)c2)c2nc(C)n(CC(F)=CCN)c2c1.Cl. The number of fused-ring (bicyclic) bond motifs is 1. The van der Waals surface area contributed by atoms with E-state index < -0.39 is 21.6 Å². The molecule has 166 valence electrons. The molecule has 7 nitrogen and oxygen atoms in total. The number of imidazole rings is 1. The third-order valence-corrected chi connectivity index (χ3v) is 5.80. The smallest absolute Gasteiger partial charge is 0.337 e. The molecule has 0 saturated carbocycles. The Morgan fingerprint density at radius 3 is 2.61 bits per heavy atom. The van der Waals surface area contributed by atoms with Gasteiger partial charge in [0, 0.05) is 18.4 Å². The van der Waals surface area contributed by atoms with E-state index in [1.165, 1.54) is 25.3 Å². The Bertz CT molecular complexity index is 1270. The molecular formula is C21H23ClFN3O4S. The van der Waals surface area contributed by atoms with E-state index in [0.29, 0.717) is 28.0 Å². The quantitative estimate of drug-likeness (QED) is 0.557. The maximum absolute atomic E-state index is 14.2. The Labute approximate surface area is 186 Å². The van der Waals surface area contributed by atoms with Crippen molar-refractivity contribution in [2.45, 2.75) is 18.4 Å². The minimum Gasteiger partial charge on any atom is -0.465 e. The minimum atomic E-state index is -3.43. The number of allylic oxidation sites excluding steroid dienone is 1. The fourth-order valence-electron chi connectivity index (χ4n) is 3.23. The van der Waals surface area contributed by atoms with Gasteiger partial charge in [0.2, 0.25) is 0 Å². The average molecular weight is 468 g/mol. The van der Waals surface area contributed by atoms with Crippen molar-refractivity contribution in [3.05, 3.63) is 59.7 Å². The normalized spacial score (nSPS) is 12.0. The summed E-state index contributed by atoms with van der Waals surface area (Å²) < 4.78 is 44.6. The third-order valence-electron chi connectivity index (χ3n) is 4.69. The van der Waals surface area contributed by atoms with Crippen LogP contribution in [-0.4, -0.2) is 43.8 Å². The van der Waals surface area contributed by atoms with Crippen LogP contribution >= 0.6 is 12.4 Å². The number of ether oxygens (including phenoxy) is 1. The summed E-state index contributed by atoms with van der Waals surface area (Å²) in [4.78, 5) is 17.0. The van der Waals surface area contributed by atoms with Gasteiger partial charge in [-0.3, -0.25) is 0 Å². The Balaban J connectivity index is 0.00000341. The molecule has 3 rings (SSSR count). The number of sulfone groups is 1. The van der Waals surface area contributed by atoms with Crippen LogP contribution in [-0.2, 0) is 21.1 Å². The molecular weight excluding hydrogens is 445 g/mol. The first-order valence-corrected chi connectivity index (χ1v) is 11.0. The molecule has 2 aromatic carbocycles. The van der Waals surface area contributed by atoms with Crippen LogP contribution in [0.25, 0.3) is 22.2 Å². The number of nitrogens with zero attached hydrogens (tertiary/aromatic N) is 2. The largest absolute Gasteiger partial charge is 0.465 e. The fraction of sp³-hybridized carbons (Fsp3) is 0.238. The maximum atomic E-state index is 14.2. The lowest BCUT2D eigenvalue weighted by Crippen LogP contribution is -2.05. The second-order valence-corrected chi connectivity index (χ2v) is 8.83. The molecule has 0 unspecified atom stereocenters. The van der Waals surface area contributed by atoms with Gasteiger partial charge in [-0.25, -0.2) is 22.6 Å². The molecule has 0 fully saturated rings. The van der Waals surface area contributed by atoms with Crippen molar-refractivity contribution >= 4 is 39.2 Å². The van der Waals surface area contributed by atoms with Crippen LogP contribution in [0.3, 0.4) is 0 Å². The molecule has 0 saturated heterocycles. The van der Waals surface area contributed by atoms with Gasteiger partial charge in [-0.05, 0) is 42.8 Å². The van der Waals surface area contributed by atoms with Crippen molar-refractivity contribution in [3.63, 3.8) is 0 Å². The molecule has 1 aromatic heterocycles. The highest BCUT2D eigenvalue weighted by Crippen LogP contribution is 2.32. The number of aromatic nitrogens is 2. The Hall–Kier alpha value is -2.75. The zero-order valence-electron chi connectivity index (χ0n) is 17.3. The molecule has 0 atom stereocenters. The van der Waals surface area contributed by atoms with Gasteiger partial charge in [0.25, 0.3) is 0 Å². The second-order valence-electron chi connectivity index (χ2n) is 6.81. The van der Waals surface area contributed by atoms with Crippen molar-refractivity contribution < 1.29 is 22.3 Å². The zero-order chi connectivity index (χ0) is 22.1. The molecule has 0 spiro atoms. The first-order chi connectivity index (χ1) is 14.2. The molecule has 0 aliphatic heterocycles. The van der Waals surface area contributed by atoms with E-state index in [4.69, 9.17) is 10.5 Å². The van der Waals surface area contributed by atoms with Gasteiger partial charge in [0.15, 0.2) is 9.84 Å². The van der Waals surface area contributed by atoms with Crippen molar-refractivity contribution in [2.24, 2.45) is 5.73 Å². The Morgan fingerprint density at radius 2 is 2.00 bits per heavy atom. The van der Waals surface area contributed by atoms with Gasteiger partial charge >= 0.3 is 5.97 Å². The monoisotopic (exact) mass is 467 g/mol. The molecule has 0 radical (unpaired) electrons. The van der Waals surface area contributed by atoms with E-state index in [1.807, 2.05) is 0 Å². The lowest BCUT2D eigenvalue weighted by Gasteiger charge is -2.10. The highest BCUT2D eigenvalue weighted by molar-refractivity contribution is 7.90. The lowest BCUT2D eigenvalue weighted by molar-refractivity contribution is 0.0601. The molecule has 0 aliphatic rings. The summed E-state index contributed by atoms with van der Waals surface area (Å²) in [6, 6.07) is 9.55. The van der Waals surface area contributed by atoms with Crippen LogP contribution in [0.4, 0.5) is 4.39 Å². The third kappa shape index (κ3) is 5.12. The Kier molecular flexibility index (Phi) is 7.58. The first kappa shape index (κ1) is 24.5. The number of hydrogen-bond acceptors (Lipinski definition) is 6. The van der Waals surface area contributed by atoms with Crippen LogP contribution in [0.15, 0.2) is 53.2 Å². The van der Waals surface area contributed by atoms with E-state index in [2.05, 4.69) is 4.98 Å². The standard InChI is InChI=1S/C21H22FN3O4S.ClH/c1-13-24-20-18(14-5-4-6-17(9-14)30(3,27)28)10-15(21(26)29-2)11-19(20)25(13)12-16(22)7-8-23;/h4-7,9-11H,8,12,23H2,1-3H3;1H. The van der Waals surface area contributed by atoms with E-state index in [-0.39, 0.29) is 36.0 Å². The topological polar surface area (TPSA) is 104 Å². The summed E-state index contributed by atoms with van der Waals surface area (Å²) in [7, 11) is -2.16. The highest BCUT2D eigenvalue weighted by Gasteiger charge is 2.19. The van der Waals surface area contributed by atoms with Gasteiger partial charge in [-0.1, -0.05) is 12.1 Å². The predicted octanol–water partition coefficient (Wildman–Crippen LogP) is 3.44. The number of benzene rings is 2. The van der Waals surface area contributed by atoms with Crippen LogP contribution in [0.1, 0.15) is 16.2 Å². The number of halogens is 2. The van der Waals surface area contributed by atoms with Gasteiger partial charge in [0.05, 0.1) is 35.1 Å². The number of carbonyl (C=O) groups is 1. The summed E-state index contributed by atoms with van der Waals surface area (Å²) in [6.07, 6.45) is 2.39. The molecule has 0 amide bonds. The van der Waals surface area contributed by atoms with Crippen molar-refractivity contribution in [2.75, 3.05) is 19.9 Å². The molecule has 0 aliphatic carbocycles. The Morgan fingerprint density at radius 1 is 1.29 bits per heavy atom. The average Bonchev–Trinajstić information content (AvgIpc) is 3.01. The second kappa shape index (κ2) is 9.59. The number of hydrogen-bond donors (Lipinski definition) is 1. The molecule has 0 bridgehead atoms. The number of aryl methyl sites for hydroxylation is 1. The molecule has 1 heterocycles. The van der Waals surface area contributed by atoms with E-state index in [1.54, 1.807) is 35.8 Å². The molecule has 31 heavy (non-hydrogen) atoms. The number of rotatable bonds is 6. The van der Waals surface area contributed by atoms with Gasteiger partial charge in [-0.15, -0.1) is 12.4 Å². The summed E-state index contributed by atoms with van der Waals surface area (Å²) in [5, 5.41) is 0. The summed E-state index contributed by atoms with van der Waals surface area (Å²) in [5.41, 5.74) is 7.79. The van der Waals surface area contributed by atoms with Crippen molar-refractivity contribution in [3.8, 4) is 11.1 Å². The minimum absolute atomic E-state index is 0. The maximum Gasteiger partial charge on any atom is 0.337 e. The summed E-state index contributed by atoms with van der Waals surface area (Å²) in [6.45, 7) is 1.70. The van der Waals surface area contributed by atoms with Crippen molar-refractivity contribution in [1.82, 2.24) is 9.55 Å². The number of esters is 1. The predicted molar refractivity (Wildman–Crippen MR) is 120 cm³/mol. The number of methoxy groups -OCH3 is 1. The summed E-state index contributed by atoms with van der Waals surface area (Å²) in [5.74, 6) is -0.460. The first-order valence-electron chi connectivity index (χ1n) is 9.10. The zero-order valence-corrected chi connectivity index (χ0v) is 18.9. The van der Waals surface area contributed by atoms with Crippen LogP contribution in [0.2, 0.25) is 0 Å². The van der Waals surface area contributed by atoms with E-state index in [0.717, 1.165) is 6.26 Å². The van der Waals surface area contributed by atoms with Crippen molar-refractivity contribution in [1.29, 1.82) is 0 Å². The number of carbonyl (C=O) groups excluding carboxylic acids is 1. The van der Waals surface area contributed by atoms with Gasteiger partial charge < -0.3 is 15.0 Å². The molecule has 3 aromatic rings. The van der Waals surface area contributed by atoms with E-state index in [9.17, 15) is 17.6 Å². The van der Waals surface area contributed by atoms with Crippen LogP contribution in [0, 0.1) is 6.92 Å². The van der Waals surface area contributed by atoms with Crippen LogP contribution < -0.4 is 5.73 Å². The number of nitrogens with two attached hydrogens (primary N) is 1. The molecule has 10 heteroatoms. The van der Waals surface area contributed by atoms with Gasteiger partial charge in [0.1, 0.15) is 11.7 Å². The van der Waals surface area contributed by atoms with Crippen LogP contribution in [0.5, 0.6) is 0 Å². The van der Waals surface area contributed by atoms with E-state index >= 15 is 0 Å². The lowest BCUT2D eigenvalue weighted by atomic mass is 10.0. The molecule has 2 N–H and O–H groups in total. The van der Waals surface area contributed by atoms with Gasteiger partial charge in [-0.2, -0.15) is 0 Å².